The molecule has 33 radical (unpaired) electrons. The summed E-state index contributed by atoms with van der Waals surface area (Å²) in [5.74, 6) is 7.99. The maximum atomic E-state index is 12.2. The van der Waals surface area contributed by atoms with E-state index >= 15 is 0 Å². The van der Waals surface area contributed by atoms with E-state index < -0.39 is 47.3 Å². The molecule has 34 heteroatoms. The minimum absolute atomic E-state index is 0. The van der Waals surface area contributed by atoms with Crippen molar-refractivity contribution < 1.29 is 24.1 Å². The number of ether oxygens (including phenoxy) is 3. The highest BCUT2D eigenvalue weighted by Crippen LogP contribution is 2.24. The van der Waals surface area contributed by atoms with E-state index in [4.69, 9.17) is 86.3 Å². The van der Waals surface area contributed by atoms with Gasteiger partial charge in [-0.3, -0.25) is 19.5 Å². The van der Waals surface area contributed by atoms with Crippen LogP contribution >= 0.6 is 0 Å². The number of aryl methyl sites for hydroxylation is 3. The first kappa shape index (κ1) is 102. The Balaban J connectivity index is -0.000000539. The van der Waals surface area contributed by atoms with Crippen LogP contribution in [0, 0.1) is 36.2 Å². The fraction of sp³-hybridized carbons (Fsp3) is 0.403. The summed E-state index contributed by atoms with van der Waals surface area (Å²) < 4.78 is 17.8. The lowest BCUT2D eigenvalue weighted by molar-refractivity contribution is 0.0544. The average Bonchev–Trinajstić information content (AvgIpc) is 1.66. The number of hydrogen-bond donors (Lipinski definition) is 3. The number of pyridine rings is 3. The van der Waals surface area contributed by atoms with Crippen LogP contribution in [0.25, 0.3) is 32.7 Å². The number of nitrogens with zero attached hydrogens (tertiary/aromatic N) is 4. The van der Waals surface area contributed by atoms with E-state index in [-0.39, 0.29) is 21.1 Å². The fourth-order valence-corrected chi connectivity index (χ4v) is 10.3. The van der Waals surface area contributed by atoms with Gasteiger partial charge in [0.2, 0.25) is 0 Å². The molecule has 2 aromatic carbocycles. The van der Waals surface area contributed by atoms with Crippen molar-refractivity contribution in [2.24, 2.45) is 0 Å². The van der Waals surface area contributed by atoms with Crippen LogP contribution in [0.5, 0.6) is 0 Å². The third-order valence-electron chi connectivity index (χ3n) is 12.2. The molecule has 101 heavy (non-hydrogen) atoms. The molecule has 0 unspecified atom stereocenters. The van der Waals surface area contributed by atoms with Gasteiger partial charge in [0.05, 0.1) is 76.2 Å². The third-order valence-corrected chi connectivity index (χ3v) is 15.1. The van der Waals surface area contributed by atoms with E-state index in [2.05, 4.69) is 193 Å². The van der Waals surface area contributed by atoms with Crippen molar-refractivity contribution in [2.45, 2.75) is 157 Å². The predicted octanol–water partition coefficient (Wildman–Crippen LogP) is 7.05. The number of H-pyrrole nitrogens is 2. The molecule has 0 saturated heterocycles. The Labute approximate surface area is 635 Å². The highest BCUT2D eigenvalue weighted by atomic mass is 28.3. The normalized spacial score (nSPS) is 9.69. The van der Waals surface area contributed by atoms with E-state index in [1.165, 1.54) is 70.2 Å². The number of fused-ring (bicyclic) bond motifs is 3. The Bertz CT molecular complexity index is 3470. The van der Waals surface area contributed by atoms with Gasteiger partial charge in [-0.05, 0) is 86.1 Å². The van der Waals surface area contributed by atoms with Crippen LogP contribution in [0.1, 0.15) is 108 Å². The number of aromatic nitrogens is 6. The second-order valence-electron chi connectivity index (χ2n) is 24.7. The second kappa shape index (κ2) is 61.8. The van der Waals surface area contributed by atoms with Crippen molar-refractivity contribution in [3.8, 4) is 36.2 Å². The van der Waals surface area contributed by atoms with Gasteiger partial charge in [0.1, 0.15) is 13.7 Å². The fourth-order valence-electron chi connectivity index (χ4n) is 8.01. The van der Waals surface area contributed by atoms with Crippen LogP contribution < -0.4 is 5.32 Å². The lowest BCUT2D eigenvalue weighted by Gasteiger charge is -2.19. The topological polar surface area (TPSA) is 140 Å². The van der Waals surface area contributed by atoms with Crippen LogP contribution in [-0.2, 0) is 46.7 Å². The summed E-state index contributed by atoms with van der Waals surface area (Å²) >= 11 is 0. The summed E-state index contributed by atoms with van der Waals surface area (Å²) in [6.45, 7) is 28.9. The number of aromatic amines is 2. The predicted molar refractivity (Wildman–Crippen MR) is 461 cm³/mol. The second-order valence-corrected chi connectivity index (χ2v) is 34.5. The molecule has 8 rings (SSSR count). The molecule has 0 fully saturated rings. The van der Waals surface area contributed by atoms with Gasteiger partial charge in [0, 0.05) is 228 Å². The molecule has 6 aromatic heterocycles. The van der Waals surface area contributed by atoms with E-state index in [1.807, 2.05) is 106 Å². The Morgan fingerprint density at radius 3 is 1.49 bits per heavy atom. The molecule has 0 aliphatic heterocycles. The van der Waals surface area contributed by atoms with Crippen molar-refractivity contribution >= 4 is 217 Å². The van der Waals surface area contributed by atoms with Crippen LogP contribution in [0.4, 0.5) is 4.79 Å². The molecule has 11 nitrogen and oxygen atoms in total. The zero-order valence-electron chi connectivity index (χ0n) is 62.2. The van der Waals surface area contributed by atoms with Crippen LogP contribution in [0.15, 0.2) is 128 Å². The molecule has 489 valence electrons. The quantitative estimate of drug-likeness (QED) is 0.0472. The Morgan fingerprint density at radius 1 is 0.644 bits per heavy atom. The number of rotatable bonds is 18. The van der Waals surface area contributed by atoms with Gasteiger partial charge < -0.3 is 29.3 Å². The molecular weight excluding hydrogens is 1250 g/mol. The maximum absolute atomic E-state index is 12.2. The third kappa shape index (κ3) is 52.0. The number of carbonyl (C=O) groups is 1. The van der Waals surface area contributed by atoms with Crippen LogP contribution in [-0.4, -0.2) is 239 Å². The highest BCUT2D eigenvalue weighted by molar-refractivity contribution is 7.76. The zero-order valence-corrected chi connectivity index (χ0v) is 64.2. The number of nitrogens with one attached hydrogen (secondary N) is 2. The Morgan fingerprint density at radius 2 is 1.08 bits per heavy atom. The number of hydrogen-bond acceptors (Lipinski definition) is 8. The maximum Gasteiger partial charge on any atom is 0.419 e. The van der Waals surface area contributed by atoms with Crippen molar-refractivity contribution in [1.82, 2.24) is 29.5 Å². The van der Waals surface area contributed by atoms with E-state index in [1.54, 1.807) is 17.0 Å². The summed E-state index contributed by atoms with van der Waals surface area (Å²) in [7, 11) is 65.2. The van der Waals surface area contributed by atoms with Gasteiger partial charge in [0.15, 0.2) is 0 Å². The number of aliphatic hydroxyl groups excluding tert-OH is 1. The van der Waals surface area contributed by atoms with Crippen LogP contribution in [0.2, 0.25) is 39.3 Å². The minimum atomic E-state index is -1.28. The van der Waals surface area contributed by atoms with Gasteiger partial charge in [0.25, 0.3) is 0 Å². The molecule has 0 aliphatic rings. The molecule has 0 bridgehead atoms. The average molecular weight is 1340 g/mol. The van der Waals surface area contributed by atoms with E-state index in [9.17, 15) is 4.79 Å². The van der Waals surface area contributed by atoms with Gasteiger partial charge in [-0.1, -0.05) is 140 Å². The minimum Gasteiger partial charge on any atom is -0.443 e. The molecule has 0 amide bonds. The largest absolute Gasteiger partial charge is 0.443 e. The Kier molecular flexibility index (Phi) is 62.2. The van der Waals surface area contributed by atoms with Gasteiger partial charge >= 0.3 is 6.09 Å². The summed E-state index contributed by atoms with van der Waals surface area (Å²) in [5.41, 5.74) is 12.5. The van der Waals surface area contributed by atoms with E-state index in [0.717, 1.165) is 61.3 Å². The zero-order chi connectivity index (χ0) is 76.5. The summed E-state index contributed by atoms with van der Waals surface area (Å²) in [5, 5.41) is 13.2. The SMILES string of the molecule is C#CCCO.C#CCCOCc1ccccc1.CCCc1c([Si](C)(C)C)[nH]c2cnccc12.CCCc1c[nH]c2cnccc12.CCCc1cn(C(=O)OC(C)(C)C)c2cnccc12.C[Si](C)(C)C#CCCOCc1ccccc1.[B].[B]B([B])B([B])[B].[B]B([B])[B].[B][B].[B][B]B([B])[B].[B][B][B]. The molecule has 6 heterocycles. The van der Waals surface area contributed by atoms with Crippen molar-refractivity contribution in [1.29, 1.82) is 0 Å². The molecule has 0 atom stereocenters. The monoisotopic (exact) mass is 1350 g/mol. The first-order chi connectivity index (χ1) is 47.4. The van der Waals surface area contributed by atoms with Gasteiger partial charge in [-0.15, -0.1) is 36.2 Å². The van der Waals surface area contributed by atoms with Crippen molar-refractivity contribution in [2.75, 3.05) is 19.8 Å². The number of aliphatic hydroxyl groups is 1. The molecule has 8 aromatic rings. The molecule has 3 N–H and O–H groups in total. The van der Waals surface area contributed by atoms with Crippen LogP contribution in [0.3, 0.4) is 0 Å². The van der Waals surface area contributed by atoms with Crippen molar-refractivity contribution in [3.05, 3.63) is 156 Å². The molecule has 0 saturated carbocycles. The molecule has 0 aliphatic carbocycles. The van der Waals surface area contributed by atoms with Gasteiger partial charge in [-0.25, -0.2) is 4.79 Å². The summed E-state index contributed by atoms with van der Waals surface area (Å²) in [6.07, 6.45) is 30.8. The summed E-state index contributed by atoms with van der Waals surface area (Å²) in [6, 6.07) is 26.5. The number of terminal acetylenes is 2. The number of benzene rings is 2. The first-order valence-electron chi connectivity index (χ1n) is 33.0. The number of carbonyl (C=O) groups excluding carboxylic acids is 1. The van der Waals surface area contributed by atoms with E-state index in [0.29, 0.717) is 32.7 Å². The standard InChI is InChI=1S/C15H20N2O2.C14H20OSi.C13H20N2Si.C11H12O.C10H12N2.C4H6O.B6.B5.B4.B3.B2.B/c1-5-6-11-10-17(14(18)19-15(2,3)4)13-9-16-8-7-12(11)13;1-16(2,3)12-8-7-11-15-13-14-9-5-4-6-10-14;1-5-6-11-10-7-8-14-9-12(10)15-13(11)16(2,3)4;1-2-3-9-12-10-11-7-5-4-6-8-11;1-2-3-8-6-12-10-7-11-5-4-9(8)10;1-2-3-4-5;1-5(2)6(3)4;1-4-5(2)3;1-4(2)3;1-3-2;1-2;/h7-10H,5-6H2,1-4H3;4-6,9-10H,7,11,13H2,1-3H3;7-9,15H,5-6H2,1-4H3;1,4-8H,3,9-10H2;4-7,12H,2-3H2,1H3;1,5H,3-4H2;;;;;;. The van der Waals surface area contributed by atoms with Crippen molar-refractivity contribution in [3.63, 3.8) is 0 Å². The smallest absolute Gasteiger partial charge is 0.419 e. The molecular formula is C67H90B21N6O5Si2. The lowest BCUT2D eigenvalue weighted by atomic mass is 8.81. The van der Waals surface area contributed by atoms with Gasteiger partial charge in [-0.2, -0.15) is 0 Å². The highest BCUT2D eigenvalue weighted by Gasteiger charge is 2.24. The Hall–Kier alpha value is -5.66. The summed E-state index contributed by atoms with van der Waals surface area (Å²) in [4.78, 5) is 31.3. The lowest BCUT2D eigenvalue weighted by Crippen LogP contribution is -2.40. The molecule has 0 spiro atoms. The first-order valence-corrected chi connectivity index (χ1v) is 40.0.